The molecular formula is C41H57N7O6. The van der Waals surface area contributed by atoms with Crippen molar-refractivity contribution in [2.75, 3.05) is 33.3 Å². The minimum Gasteiger partial charge on any atom is -0.452 e. The Balaban J connectivity index is 1.59. The molecule has 4 unspecified atom stereocenters. The molecule has 2 heterocycles. The van der Waals surface area contributed by atoms with Gasteiger partial charge in [0.1, 0.15) is 6.04 Å². The summed E-state index contributed by atoms with van der Waals surface area (Å²) in [6, 6.07) is 22.1. The number of amides is 6. The number of pyridine rings is 1. The van der Waals surface area contributed by atoms with Crippen LogP contribution in [0.2, 0.25) is 0 Å². The van der Waals surface area contributed by atoms with Crippen molar-refractivity contribution in [2.45, 2.75) is 85.7 Å². The van der Waals surface area contributed by atoms with Crippen molar-refractivity contribution in [1.29, 1.82) is 0 Å². The van der Waals surface area contributed by atoms with Crippen molar-refractivity contribution in [1.82, 2.24) is 35.4 Å². The summed E-state index contributed by atoms with van der Waals surface area (Å²) in [6.45, 7) is 12.9. The van der Waals surface area contributed by atoms with Crippen LogP contribution in [0.5, 0.6) is 0 Å². The van der Waals surface area contributed by atoms with Crippen molar-refractivity contribution in [3.05, 3.63) is 101 Å². The van der Waals surface area contributed by atoms with E-state index >= 15 is 0 Å². The van der Waals surface area contributed by atoms with Crippen LogP contribution < -0.4 is 10.7 Å². The van der Waals surface area contributed by atoms with Crippen LogP contribution >= 0.6 is 0 Å². The Hall–Kier alpha value is -5.01. The predicted molar refractivity (Wildman–Crippen MR) is 207 cm³/mol. The number of hydrogen-bond donors (Lipinski definition) is 3. The van der Waals surface area contributed by atoms with Gasteiger partial charge in [0.05, 0.1) is 31.5 Å². The zero-order valence-electron chi connectivity index (χ0n) is 32.7. The third-order valence-electron chi connectivity index (χ3n) is 9.45. The average Bonchev–Trinajstić information content (AvgIpc) is 3.48. The van der Waals surface area contributed by atoms with Crippen molar-refractivity contribution in [3.8, 4) is 0 Å². The lowest BCUT2D eigenvalue weighted by Crippen LogP contribution is -2.59. The normalized spacial score (nSPS) is 15.4. The highest BCUT2D eigenvalue weighted by Gasteiger charge is 2.41. The van der Waals surface area contributed by atoms with E-state index in [1.54, 1.807) is 14.8 Å². The van der Waals surface area contributed by atoms with E-state index in [4.69, 9.17) is 4.74 Å². The lowest BCUT2D eigenvalue weighted by Gasteiger charge is -2.35. The van der Waals surface area contributed by atoms with Gasteiger partial charge in [-0.2, -0.15) is 0 Å². The number of carbonyl (C=O) groups is 4. The van der Waals surface area contributed by atoms with Gasteiger partial charge < -0.3 is 25.0 Å². The maximum atomic E-state index is 14.4. The van der Waals surface area contributed by atoms with Crippen LogP contribution in [-0.4, -0.2) is 105 Å². The topological polar surface area (TPSA) is 148 Å². The number of hydrazine groups is 1. The number of urea groups is 2. The molecule has 13 heteroatoms. The monoisotopic (exact) mass is 743 g/mol. The standard InChI is InChI=1S/C41H57N7O6/c1-8-29(2)36(47-23-22-45(39(47)52)26-33-21-15-16-30(3)42-33)37(50)43-34(24-31-17-11-9-12-18-31)35(49)27-46(25-32-19-13-10-14-20-32)44-38(51)48(40(53)54-7)28-41(4,5)6/h9-21,29,34-36,49H,8,22-28H2,1-7H3,(H,43,50)(H,44,51). The first-order valence-corrected chi connectivity index (χ1v) is 18.6. The number of aliphatic hydroxyl groups excluding tert-OH is 1. The smallest absolute Gasteiger partial charge is 0.417 e. The van der Waals surface area contributed by atoms with E-state index in [-0.39, 0.29) is 43.9 Å². The van der Waals surface area contributed by atoms with Gasteiger partial charge in [-0.15, -0.1) is 0 Å². The number of aliphatic hydroxyl groups is 1. The summed E-state index contributed by atoms with van der Waals surface area (Å²) in [5.74, 6) is -0.546. The first-order chi connectivity index (χ1) is 25.7. The van der Waals surface area contributed by atoms with E-state index in [0.29, 0.717) is 26.1 Å². The second-order valence-corrected chi connectivity index (χ2v) is 15.3. The summed E-state index contributed by atoms with van der Waals surface area (Å²) >= 11 is 0. The molecule has 4 atom stereocenters. The molecular weight excluding hydrogens is 686 g/mol. The maximum Gasteiger partial charge on any atom is 0.417 e. The zero-order valence-corrected chi connectivity index (χ0v) is 32.7. The molecule has 0 bridgehead atoms. The molecule has 0 aliphatic carbocycles. The molecule has 0 radical (unpaired) electrons. The first kappa shape index (κ1) is 41.7. The van der Waals surface area contributed by atoms with Crippen LogP contribution in [0.4, 0.5) is 14.4 Å². The lowest BCUT2D eigenvalue weighted by atomic mass is 9.95. The third kappa shape index (κ3) is 12.0. The fraction of sp³-hybridized carbons (Fsp3) is 0.488. The fourth-order valence-corrected chi connectivity index (χ4v) is 6.55. The van der Waals surface area contributed by atoms with E-state index in [1.807, 2.05) is 120 Å². The van der Waals surface area contributed by atoms with Crippen molar-refractivity contribution in [3.63, 3.8) is 0 Å². The number of aryl methyl sites for hydroxylation is 1. The van der Waals surface area contributed by atoms with Gasteiger partial charge in [-0.05, 0) is 47.9 Å². The molecule has 54 heavy (non-hydrogen) atoms. The molecule has 1 fully saturated rings. The SMILES string of the molecule is CCC(C)C(C(=O)NC(Cc1ccccc1)C(O)CN(Cc1ccccc1)NC(=O)N(CC(C)(C)C)C(=O)OC)N1CCN(Cc2cccc(C)n2)C1=O. The Labute approximate surface area is 319 Å². The number of nitrogens with one attached hydrogen (secondary N) is 2. The van der Waals surface area contributed by atoms with Gasteiger partial charge in [0.15, 0.2) is 0 Å². The van der Waals surface area contributed by atoms with Gasteiger partial charge in [0.25, 0.3) is 0 Å². The number of methoxy groups -OCH3 is 1. The molecule has 1 aliphatic rings. The maximum absolute atomic E-state index is 14.4. The van der Waals surface area contributed by atoms with Gasteiger partial charge in [0, 0.05) is 38.4 Å². The Bertz CT molecular complexity index is 1690. The lowest BCUT2D eigenvalue weighted by molar-refractivity contribution is -0.128. The van der Waals surface area contributed by atoms with Crippen LogP contribution in [0, 0.1) is 18.3 Å². The van der Waals surface area contributed by atoms with Crippen LogP contribution in [0.15, 0.2) is 78.9 Å². The second-order valence-electron chi connectivity index (χ2n) is 15.3. The third-order valence-corrected chi connectivity index (χ3v) is 9.45. The summed E-state index contributed by atoms with van der Waals surface area (Å²) in [5, 5.41) is 16.6. The molecule has 2 aromatic carbocycles. The van der Waals surface area contributed by atoms with Crippen LogP contribution in [0.3, 0.4) is 0 Å². The molecule has 3 aromatic rings. The summed E-state index contributed by atoms with van der Waals surface area (Å²) in [4.78, 5) is 63.5. The number of nitrogens with zero attached hydrogens (tertiary/aromatic N) is 5. The zero-order chi connectivity index (χ0) is 39.4. The van der Waals surface area contributed by atoms with Gasteiger partial charge >= 0.3 is 18.2 Å². The summed E-state index contributed by atoms with van der Waals surface area (Å²) in [6.07, 6.45) is -1.07. The van der Waals surface area contributed by atoms with E-state index in [0.717, 1.165) is 27.4 Å². The van der Waals surface area contributed by atoms with Crippen molar-refractivity contribution in [2.24, 2.45) is 11.3 Å². The van der Waals surface area contributed by atoms with Gasteiger partial charge in [-0.3, -0.25) is 15.2 Å². The Kier molecular flexibility index (Phi) is 15.0. The minimum absolute atomic E-state index is 0.0884. The second kappa shape index (κ2) is 19.4. The number of rotatable bonds is 16. The van der Waals surface area contributed by atoms with Crippen LogP contribution in [0.1, 0.15) is 63.6 Å². The molecule has 1 aliphatic heterocycles. The molecule has 6 amide bonds. The molecule has 0 spiro atoms. The largest absolute Gasteiger partial charge is 0.452 e. The highest BCUT2D eigenvalue weighted by Crippen LogP contribution is 2.23. The van der Waals surface area contributed by atoms with Gasteiger partial charge in [-0.1, -0.05) is 108 Å². The van der Waals surface area contributed by atoms with Gasteiger partial charge in [0.2, 0.25) is 5.91 Å². The van der Waals surface area contributed by atoms with Crippen LogP contribution in [-0.2, 0) is 29.0 Å². The summed E-state index contributed by atoms with van der Waals surface area (Å²) in [5.41, 5.74) is 5.78. The first-order valence-electron chi connectivity index (χ1n) is 18.6. The summed E-state index contributed by atoms with van der Waals surface area (Å²) in [7, 11) is 1.22. The minimum atomic E-state index is -1.19. The predicted octanol–water partition coefficient (Wildman–Crippen LogP) is 5.37. The summed E-state index contributed by atoms with van der Waals surface area (Å²) < 4.78 is 4.93. The number of carbonyl (C=O) groups excluding carboxylic acids is 4. The number of ether oxygens (including phenoxy) is 1. The molecule has 292 valence electrons. The quantitative estimate of drug-likeness (QED) is 0.166. The number of imide groups is 1. The van der Waals surface area contributed by atoms with Crippen molar-refractivity contribution >= 4 is 24.1 Å². The number of aromatic nitrogens is 1. The Morgan fingerprint density at radius 1 is 0.963 bits per heavy atom. The van der Waals surface area contributed by atoms with E-state index < -0.39 is 35.7 Å². The Morgan fingerprint density at radius 3 is 2.20 bits per heavy atom. The average molecular weight is 744 g/mol. The van der Waals surface area contributed by atoms with Crippen molar-refractivity contribution < 1.29 is 29.0 Å². The van der Waals surface area contributed by atoms with Gasteiger partial charge in [-0.25, -0.2) is 24.3 Å². The Morgan fingerprint density at radius 2 is 1.61 bits per heavy atom. The van der Waals surface area contributed by atoms with Crippen LogP contribution in [0.25, 0.3) is 0 Å². The fourth-order valence-electron chi connectivity index (χ4n) is 6.55. The number of hydrogen-bond acceptors (Lipinski definition) is 8. The highest BCUT2D eigenvalue weighted by molar-refractivity contribution is 5.90. The van der Waals surface area contributed by atoms with E-state index in [9.17, 15) is 24.3 Å². The molecule has 13 nitrogen and oxygen atoms in total. The highest BCUT2D eigenvalue weighted by atomic mass is 16.5. The molecule has 1 saturated heterocycles. The van der Waals surface area contributed by atoms with E-state index in [2.05, 4.69) is 15.7 Å². The molecule has 3 N–H and O–H groups in total. The molecule has 1 aromatic heterocycles. The molecule has 4 rings (SSSR count). The number of benzene rings is 2. The molecule has 0 saturated carbocycles. The van der Waals surface area contributed by atoms with E-state index in [1.165, 1.54) is 7.11 Å².